The van der Waals surface area contributed by atoms with Crippen LogP contribution in [0.25, 0.3) is 0 Å². The normalized spacial score (nSPS) is 21.7. The fourth-order valence-electron chi connectivity index (χ4n) is 6.44. The molecular weight excluding hydrogens is 460 g/mol. The Labute approximate surface area is 214 Å². The second-order valence-electron chi connectivity index (χ2n) is 10.6. The van der Waals surface area contributed by atoms with Gasteiger partial charge in [0.25, 0.3) is 5.91 Å². The van der Waals surface area contributed by atoms with Crippen LogP contribution in [0.15, 0.2) is 48.5 Å². The van der Waals surface area contributed by atoms with Gasteiger partial charge in [-0.3, -0.25) is 4.79 Å². The van der Waals surface area contributed by atoms with E-state index in [1.54, 1.807) is 29.2 Å². The highest BCUT2D eigenvalue weighted by molar-refractivity contribution is 6.30. The van der Waals surface area contributed by atoms with Gasteiger partial charge in [0.1, 0.15) is 0 Å². The average molecular weight is 497 g/mol. The molecule has 1 saturated carbocycles. The molecule has 1 amide bonds. The number of amides is 1. The van der Waals surface area contributed by atoms with E-state index < -0.39 is 5.60 Å². The molecule has 0 radical (unpaired) electrons. The Morgan fingerprint density at radius 2 is 1.83 bits per heavy atom. The van der Waals surface area contributed by atoms with Crippen LogP contribution in [0.2, 0.25) is 5.02 Å². The number of carbonyl (C=O) groups is 1. The van der Waals surface area contributed by atoms with Gasteiger partial charge in [0.15, 0.2) is 5.60 Å². The minimum Gasteiger partial charge on any atom is -0.375 e. The highest BCUT2D eigenvalue weighted by Crippen LogP contribution is 2.44. The first-order valence-electron chi connectivity index (χ1n) is 13.1. The molecule has 1 N–H and O–H groups in total. The molecule has 1 unspecified atom stereocenters. The van der Waals surface area contributed by atoms with Crippen molar-refractivity contribution in [3.8, 4) is 0 Å². The molecule has 0 aromatic heterocycles. The van der Waals surface area contributed by atoms with Gasteiger partial charge in [-0.05, 0) is 67.5 Å². The third kappa shape index (κ3) is 4.76. The second-order valence-corrected chi connectivity index (χ2v) is 11.1. The number of fused-ring (bicyclic) bond motifs is 2. The molecule has 1 saturated heterocycles. The third-order valence-corrected chi connectivity index (χ3v) is 8.80. The standard InChI is InChI=1S/C29H37ClN2O3/c1-31(27(33)29(34,23-8-3-4-9-23)24-11-13-25(30)14-12-24)17-6-18-32-19-15-28(16-20-32)26-10-5-2-7-22(26)21-35-28/h2,5,7,10-14,23,34H,3-4,6,8-9,15-21H2,1H3. The summed E-state index contributed by atoms with van der Waals surface area (Å²) in [6, 6.07) is 15.8. The quantitative estimate of drug-likeness (QED) is 0.580. The Balaban J connectivity index is 1.17. The second kappa shape index (κ2) is 10.2. The maximum absolute atomic E-state index is 13.6. The third-order valence-electron chi connectivity index (χ3n) is 8.55. The highest BCUT2D eigenvalue weighted by atomic mass is 35.5. The van der Waals surface area contributed by atoms with Crippen molar-refractivity contribution in [2.75, 3.05) is 33.2 Å². The minimum absolute atomic E-state index is 0.0498. The van der Waals surface area contributed by atoms with Crippen LogP contribution in [0, 0.1) is 5.92 Å². The monoisotopic (exact) mass is 496 g/mol. The number of piperidine rings is 1. The lowest BCUT2D eigenvalue weighted by Crippen LogP contribution is -2.50. The van der Waals surface area contributed by atoms with Gasteiger partial charge in [0, 0.05) is 37.6 Å². The average Bonchev–Trinajstić information content (AvgIpc) is 3.55. The molecule has 1 spiro atoms. The number of ether oxygens (including phenoxy) is 1. The fourth-order valence-corrected chi connectivity index (χ4v) is 6.57. The molecule has 1 aliphatic carbocycles. The van der Waals surface area contributed by atoms with E-state index in [0.29, 0.717) is 17.1 Å². The summed E-state index contributed by atoms with van der Waals surface area (Å²) in [5, 5.41) is 12.4. The van der Waals surface area contributed by atoms with Crippen molar-refractivity contribution < 1.29 is 14.6 Å². The van der Waals surface area contributed by atoms with Crippen molar-refractivity contribution in [2.24, 2.45) is 5.92 Å². The number of rotatable bonds is 7. The Hall–Kier alpha value is -1.92. The SMILES string of the molecule is CN(CCCN1CCC2(CC1)OCc1ccccc12)C(=O)C(O)(c1ccc(Cl)cc1)C1CCCC1. The van der Waals surface area contributed by atoms with E-state index >= 15 is 0 Å². The molecule has 2 aliphatic heterocycles. The van der Waals surface area contributed by atoms with Crippen molar-refractivity contribution in [1.82, 2.24) is 9.80 Å². The summed E-state index contributed by atoms with van der Waals surface area (Å²) < 4.78 is 6.29. The Kier molecular flexibility index (Phi) is 7.23. The number of likely N-dealkylation sites (N-methyl/N-ethyl adjacent to an activating group) is 1. The number of hydrogen-bond acceptors (Lipinski definition) is 4. The zero-order valence-electron chi connectivity index (χ0n) is 20.7. The summed E-state index contributed by atoms with van der Waals surface area (Å²) in [4.78, 5) is 17.8. The van der Waals surface area contributed by atoms with Crippen LogP contribution in [0.1, 0.15) is 61.6 Å². The van der Waals surface area contributed by atoms with E-state index in [0.717, 1.165) is 71.2 Å². The molecule has 5 rings (SSSR count). The number of halogens is 1. The maximum atomic E-state index is 13.6. The van der Waals surface area contributed by atoms with Gasteiger partial charge in [0.2, 0.25) is 0 Å². The molecule has 2 aromatic carbocycles. The van der Waals surface area contributed by atoms with Gasteiger partial charge in [0.05, 0.1) is 12.2 Å². The molecule has 188 valence electrons. The number of aliphatic hydroxyl groups is 1. The molecule has 5 nitrogen and oxygen atoms in total. The number of likely N-dealkylation sites (tertiary alicyclic amines) is 1. The van der Waals surface area contributed by atoms with Gasteiger partial charge in [-0.1, -0.05) is 60.8 Å². The van der Waals surface area contributed by atoms with Crippen LogP contribution in [-0.4, -0.2) is 54.0 Å². The molecular formula is C29H37ClN2O3. The molecule has 2 heterocycles. The summed E-state index contributed by atoms with van der Waals surface area (Å²) in [6.07, 6.45) is 6.77. The Morgan fingerprint density at radius 3 is 2.54 bits per heavy atom. The van der Waals surface area contributed by atoms with Crippen LogP contribution in [0.4, 0.5) is 0 Å². The van der Waals surface area contributed by atoms with E-state index in [4.69, 9.17) is 16.3 Å². The van der Waals surface area contributed by atoms with Crippen LogP contribution in [0.3, 0.4) is 0 Å². The molecule has 0 bridgehead atoms. The summed E-state index contributed by atoms with van der Waals surface area (Å²) in [6.45, 7) is 4.30. The van der Waals surface area contributed by atoms with E-state index in [1.807, 2.05) is 7.05 Å². The molecule has 35 heavy (non-hydrogen) atoms. The van der Waals surface area contributed by atoms with Crippen LogP contribution in [0.5, 0.6) is 0 Å². The first kappa shape index (κ1) is 24.8. The van der Waals surface area contributed by atoms with E-state index in [-0.39, 0.29) is 17.4 Å². The molecule has 6 heteroatoms. The molecule has 3 aliphatic rings. The van der Waals surface area contributed by atoms with Crippen LogP contribution < -0.4 is 0 Å². The Bertz CT molecular complexity index is 1030. The highest BCUT2D eigenvalue weighted by Gasteiger charge is 2.48. The van der Waals surface area contributed by atoms with E-state index in [1.165, 1.54) is 11.1 Å². The summed E-state index contributed by atoms with van der Waals surface area (Å²) in [5.74, 6) is -0.244. The van der Waals surface area contributed by atoms with Gasteiger partial charge in [-0.25, -0.2) is 0 Å². The minimum atomic E-state index is -1.49. The summed E-state index contributed by atoms with van der Waals surface area (Å²) in [7, 11) is 1.83. The number of hydrogen-bond donors (Lipinski definition) is 1. The van der Waals surface area contributed by atoms with Crippen LogP contribution in [-0.2, 0) is 27.3 Å². The zero-order chi connectivity index (χ0) is 24.5. The largest absolute Gasteiger partial charge is 0.375 e. The smallest absolute Gasteiger partial charge is 0.259 e. The van der Waals surface area contributed by atoms with E-state index in [9.17, 15) is 9.90 Å². The molecule has 2 aromatic rings. The van der Waals surface area contributed by atoms with Crippen molar-refractivity contribution in [3.63, 3.8) is 0 Å². The lowest BCUT2D eigenvalue weighted by atomic mass is 9.79. The fraction of sp³-hybridized carbons (Fsp3) is 0.552. The molecule has 2 fully saturated rings. The zero-order valence-corrected chi connectivity index (χ0v) is 21.5. The van der Waals surface area contributed by atoms with E-state index in [2.05, 4.69) is 29.2 Å². The van der Waals surface area contributed by atoms with Crippen molar-refractivity contribution in [3.05, 3.63) is 70.2 Å². The number of nitrogens with zero attached hydrogens (tertiary/aromatic N) is 2. The van der Waals surface area contributed by atoms with Crippen molar-refractivity contribution >= 4 is 17.5 Å². The molecule has 1 atom stereocenters. The maximum Gasteiger partial charge on any atom is 0.259 e. The van der Waals surface area contributed by atoms with Gasteiger partial charge in [-0.15, -0.1) is 0 Å². The summed E-state index contributed by atoms with van der Waals surface area (Å²) in [5.41, 5.74) is 1.76. The van der Waals surface area contributed by atoms with Crippen LogP contribution >= 0.6 is 11.6 Å². The predicted octanol–water partition coefficient (Wildman–Crippen LogP) is 5.09. The first-order chi connectivity index (χ1) is 16.9. The predicted molar refractivity (Wildman–Crippen MR) is 138 cm³/mol. The lowest BCUT2D eigenvalue weighted by molar-refractivity contribution is -0.158. The van der Waals surface area contributed by atoms with Crippen molar-refractivity contribution in [1.29, 1.82) is 0 Å². The topological polar surface area (TPSA) is 53.0 Å². The van der Waals surface area contributed by atoms with Gasteiger partial charge in [-0.2, -0.15) is 0 Å². The van der Waals surface area contributed by atoms with Crippen molar-refractivity contribution in [2.45, 2.75) is 62.8 Å². The lowest BCUT2D eigenvalue weighted by Gasteiger charge is -2.40. The number of benzene rings is 2. The first-order valence-corrected chi connectivity index (χ1v) is 13.5. The summed E-state index contributed by atoms with van der Waals surface area (Å²) >= 11 is 6.08. The van der Waals surface area contributed by atoms with Gasteiger partial charge >= 0.3 is 0 Å². The number of carbonyl (C=O) groups excluding carboxylic acids is 1. The van der Waals surface area contributed by atoms with Gasteiger partial charge < -0.3 is 19.6 Å². The Morgan fingerprint density at radius 1 is 1.14 bits per heavy atom.